The van der Waals surface area contributed by atoms with Crippen molar-refractivity contribution in [3.8, 4) is 5.75 Å². The first-order valence-electron chi connectivity index (χ1n) is 11.7. The van der Waals surface area contributed by atoms with Crippen molar-refractivity contribution in [2.75, 3.05) is 24.8 Å². The average Bonchev–Trinajstić information content (AvgIpc) is 3.18. The zero-order valence-corrected chi connectivity index (χ0v) is 20.4. The highest BCUT2D eigenvalue weighted by Gasteiger charge is 2.24. The van der Waals surface area contributed by atoms with E-state index in [0.29, 0.717) is 40.0 Å². The molecule has 0 spiro atoms. The SMILES string of the molecule is CCOC(=O)c1ccc(NC(=O)c2c(N)n(Cc3ccc(OC)cc3)c3nc4ccccc4nc23)cc1. The van der Waals surface area contributed by atoms with Crippen LogP contribution in [-0.4, -0.2) is 40.1 Å². The van der Waals surface area contributed by atoms with E-state index in [9.17, 15) is 9.59 Å². The molecule has 9 nitrogen and oxygen atoms in total. The number of nitrogens with one attached hydrogen (secondary N) is 1. The quantitative estimate of drug-likeness (QED) is 0.315. The van der Waals surface area contributed by atoms with Gasteiger partial charge in [0.2, 0.25) is 0 Å². The molecule has 2 aromatic heterocycles. The molecule has 3 N–H and O–H groups in total. The van der Waals surface area contributed by atoms with Gasteiger partial charge in [-0.1, -0.05) is 24.3 Å². The van der Waals surface area contributed by atoms with Crippen LogP contribution in [0.15, 0.2) is 72.8 Å². The van der Waals surface area contributed by atoms with Gasteiger partial charge in [-0.05, 0) is 61.0 Å². The Kier molecular flexibility index (Phi) is 6.42. The number of carbonyl (C=O) groups is 2. The molecule has 0 radical (unpaired) electrons. The Labute approximate surface area is 212 Å². The maximum absolute atomic E-state index is 13.5. The third-order valence-corrected chi connectivity index (χ3v) is 5.97. The summed E-state index contributed by atoms with van der Waals surface area (Å²) in [6, 6.07) is 21.5. The molecule has 5 rings (SSSR count). The van der Waals surface area contributed by atoms with Crippen molar-refractivity contribution < 1.29 is 19.1 Å². The molecule has 0 bridgehead atoms. The molecule has 1 amide bonds. The molecule has 0 aliphatic heterocycles. The number of nitrogens with two attached hydrogens (primary N) is 1. The van der Waals surface area contributed by atoms with E-state index in [1.807, 2.05) is 48.5 Å². The Bertz CT molecular complexity index is 1610. The minimum atomic E-state index is -0.426. The summed E-state index contributed by atoms with van der Waals surface area (Å²) >= 11 is 0. The maximum Gasteiger partial charge on any atom is 0.338 e. The number of benzene rings is 3. The molecule has 186 valence electrons. The average molecular weight is 496 g/mol. The lowest BCUT2D eigenvalue weighted by molar-refractivity contribution is 0.0526. The molecule has 0 saturated heterocycles. The highest BCUT2D eigenvalue weighted by Crippen LogP contribution is 2.30. The number of methoxy groups -OCH3 is 1. The van der Waals surface area contributed by atoms with E-state index >= 15 is 0 Å². The predicted octanol–water partition coefficient (Wildman–Crippen LogP) is 4.65. The van der Waals surface area contributed by atoms with Crippen LogP contribution in [0.1, 0.15) is 33.2 Å². The zero-order valence-electron chi connectivity index (χ0n) is 20.4. The topological polar surface area (TPSA) is 121 Å². The number of amides is 1. The number of nitrogen functional groups attached to an aromatic ring is 1. The lowest BCUT2D eigenvalue weighted by Crippen LogP contribution is -2.15. The summed E-state index contributed by atoms with van der Waals surface area (Å²) in [5.74, 6) is 0.147. The molecule has 0 aliphatic carbocycles. The van der Waals surface area contributed by atoms with Crippen LogP contribution < -0.4 is 15.8 Å². The molecule has 9 heteroatoms. The number of hydrogen-bond donors (Lipinski definition) is 2. The number of anilines is 2. The second kappa shape index (κ2) is 9.98. The Morgan fingerprint density at radius 1 is 0.946 bits per heavy atom. The van der Waals surface area contributed by atoms with E-state index in [1.165, 1.54) is 0 Å². The number of nitrogens with zero attached hydrogens (tertiary/aromatic N) is 3. The third kappa shape index (κ3) is 4.66. The first-order valence-corrected chi connectivity index (χ1v) is 11.7. The molecule has 0 fully saturated rings. The van der Waals surface area contributed by atoms with Crippen molar-refractivity contribution in [1.29, 1.82) is 0 Å². The molecule has 37 heavy (non-hydrogen) atoms. The van der Waals surface area contributed by atoms with Crippen molar-refractivity contribution in [2.45, 2.75) is 13.5 Å². The van der Waals surface area contributed by atoms with E-state index in [1.54, 1.807) is 42.9 Å². The van der Waals surface area contributed by atoms with Gasteiger partial charge >= 0.3 is 5.97 Å². The highest BCUT2D eigenvalue weighted by atomic mass is 16.5. The standard InChI is InChI=1S/C28H25N5O4/c1-3-37-28(35)18-10-12-19(13-11-18)30-27(34)23-24-26(32-22-7-5-4-6-21(22)31-24)33(25(23)29)16-17-8-14-20(36-2)15-9-17/h4-15H,3,16,29H2,1-2H3,(H,30,34). The van der Waals surface area contributed by atoms with Gasteiger partial charge in [-0.2, -0.15) is 0 Å². The van der Waals surface area contributed by atoms with Crippen molar-refractivity contribution in [3.05, 3.63) is 89.5 Å². The lowest BCUT2D eigenvalue weighted by Gasteiger charge is -2.09. The van der Waals surface area contributed by atoms with Gasteiger partial charge in [0.25, 0.3) is 5.91 Å². The summed E-state index contributed by atoms with van der Waals surface area (Å²) in [6.07, 6.45) is 0. The van der Waals surface area contributed by atoms with Crippen LogP contribution in [0.3, 0.4) is 0 Å². The fraction of sp³-hybridized carbons (Fsp3) is 0.143. The maximum atomic E-state index is 13.5. The van der Waals surface area contributed by atoms with Crippen molar-refractivity contribution in [2.24, 2.45) is 0 Å². The molecular formula is C28H25N5O4. The summed E-state index contributed by atoms with van der Waals surface area (Å²) in [6.45, 7) is 2.42. The van der Waals surface area contributed by atoms with Crippen LogP contribution in [-0.2, 0) is 11.3 Å². The van der Waals surface area contributed by atoms with Crippen LogP contribution in [0.5, 0.6) is 5.75 Å². The molecule has 0 atom stereocenters. The molecule has 3 aromatic carbocycles. The lowest BCUT2D eigenvalue weighted by atomic mass is 10.2. The van der Waals surface area contributed by atoms with Gasteiger partial charge in [-0.25, -0.2) is 14.8 Å². The van der Waals surface area contributed by atoms with E-state index in [2.05, 4.69) is 5.32 Å². The van der Waals surface area contributed by atoms with Crippen molar-refractivity contribution in [1.82, 2.24) is 14.5 Å². The number of fused-ring (bicyclic) bond motifs is 2. The highest BCUT2D eigenvalue weighted by molar-refractivity contribution is 6.16. The van der Waals surface area contributed by atoms with Crippen LogP contribution in [0.4, 0.5) is 11.5 Å². The van der Waals surface area contributed by atoms with Gasteiger partial charge in [-0.15, -0.1) is 0 Å². The van der Waals surface area contributed by atoms with E-state index < -0.39 is 11.9 Å². The Balaban J connectivity index is 1.54. The fourth-order valence-corrected chi connectivity index (χ4v) is 4.11. The largest absolute Gasteiger partial charge is 0.497 e. The van der Waals surface area contributed by atoms with Crippen LogP contribution in [0, 0.1) is 0 Å². The summed E-state index contributed by atoms with van der Waals surface area (Å²) in [5, 5.41) is 2.86. The minimum absolute atomic E-state index is 0.233. The zero-order chi connectivity index (χ0) is 25.9. The summed E-state index contributed by atoms with van der Waals surface area (Å²) in [5.41, 5.74) is 10.9. The van der Waals surface area contributed by atoms with E-state index in [0.717, 1.165) is 11.3 Å². The second-order valence-electron chi connectivity index (χ2n) is 8.33. The third-order valence-electron chi connectivity index (χ3n) is 5.97. The van der Waals surface area contributed by atoms with Crippen molar-refractivity contribution in [3.63, 3.8) is 0 Å². The molecule has 2 heterocycles. The number of rotatable bonds is 7. The number of ether oxygens (including phenoxy) is 2. The molecule has 0 aliphatic rings. The fourth-order valence-electron chi connectivity index (χ4n) is 4.11. The van der Waals surface area contributed by atoms with E-state index in [4.69, 9.17) is 25.2 Å². The Hall–Kier alpha value is -4.92. The van der Waals surface area contributed by atoms with Crippen LogP contribution >= 0.6 is 0 Å². The molecule has 0 saturated carbocycles. The Morgan fingerprint density at radius 3 is 2.27 bits per heavy atom. The number of esters is 1. The Morgan fingerprint density at radius 2 is 1.62 bits per heavy atom. The molecule has 5 aromatic rings. The second-order valence-corrected chi connectivity index (χ2v) is 8.33. The van der Waals surface area contributed by atoms with Gasteiger partial charge in [0, 0.05) is 5.69 Å². The van der Waals surface area contributed by atoms with Crippen LogP contribution in [0.25, 0.3) is 22.2 Å². The number of para-hydroxylation sites is 2. The normalized spacial score (nSPS) is 11.0. The van der Waals surface area contributed by atoms with E-state index in [-0.39, 0.29) is 18.0 Å². The predicted molar refractivity (Wildman–Crippen MR) is 142 cm³/mol. The minimum Gasteiger partial charge on any atom is -0.497 e. The first-order chi connectivity index (χ1) is 18.0. The summed E-state index contributed by atoms with van der Waals surface area (Å²) < 4.78 is 12.1. The van der Waals surface area contributed by atoms with Crippen LogP contribution in [0.2, 0.25) is 0 Å². The smallest absolute Gasteiger partial charge is 0.338 e. The molecule has 0 unspecified atom stereocenters. The molecular weight excluding hydrogens is 470 g/mol. The first kappa shape index (κ1) is 23.8. The summed E-state index contributed by atoms with van der Waals surface area (Å²) in [7, 11) is 1.61. The number of carbonyl (C=O) groups excluding carboxylic acids is 2. The van der Waals surface area contributed by atoms with Gasteiger partial charge in [0.05, 0.1) is 36.9 Å². The number of aromatic nitrogens is 3. The van der Waals surface area contributed by atoms with Crippen molar-refractivity contribution >= 4 is 45.6 Å². The number of hydrogen-bond acceptors (Lipinski definition) is 7. The van der Waals surface area contributed by atoms with Gasteiger partial charge < -0.3 is 25.1 Å². The van der Waals surface area contributed by atoms with Gasteiger partial charge in [0.15, 0.2) is 5.65 Å². The monoisotopic (exact) mass is 495 g/mol. The van der Waals surface area contributed by atoms with Gasteiger partial charge in [0.1, 0.15) is 22.6 Å². The summed E-state index contributed by atoms with van der Waals surface area (Å²) in [4.78, 5) is 34.9. The van der Waals surface area contributed by atoms with Gasteiger partial charge in [-0.3, -0.25) is 4.79 Å².